The summed E-state index contributed by atoms with van der Waals surface area (Å²) >= 11 is 1.72. The Morgan fingerprint density at radius 2 is 2.00 bits per heavy atom. The summed E-state index contributed by atoms with van der Waals surface area (Å²) in [5, 5.41) is 8.92. The number of hydrogen-bond acceptors (Lipinski definition) is 3. The van der Waals surface area contributed by atoms with E-state index in [9.17, 15) is 4.79 Å². The van der Waals surface area contributed by atoms with Crippen LogP contribution in [0.15, 0.2) is 46.9 Å². The third-order valence-electron chi connectivity index (χ3n) is 2.58. The van der Waals surface area contributed by atoms with Crippen molar-refractivity contribution in [3.05, 3.63) is 59.5 Å². The maximum absolute atomic E-state index is 10.7. The van der Waals surface area contributed by atoms with Crippen molar-refractivity contribution in [2.75, 3.05) is 0 Å². The van der Waals surface area contributed by atoms with Gasteiger partial charge in [-0.1, -0.05) is 30.3 Å². The van der Waals surface area contributed by atoms with Gasteiger partial charge in [-0.25, -0.2) is 4.79 Å². The molecule has 3 nitrogen and oxygen atoms in total. The molecule has 0 aliphatic carbocycles. The molecule has 94 valence electrons. The molecule has 0 amide bonds. The third-order valence-corrected chi connectivity index (χ3v) is 3.81. The molecule has 18 heavy (non-hydrogen) atoms. The van der Waals surface area contributed by atoms with E-state index in [1.165, 1.54) is 11.6 Å². The lowest BCUT2D eigenvalue weighted by atomic mass is 10.2. The van der Waals surface area contributed by atoms with Crippen LogP contribution in [0.5, 0.6) is 0 Å². The molecule has 0 radical (unpaired) electrons. The molecule has 1 aromatic heterocycles. The van der Waals surface area contributed by atoms with Crippen LogP contribution < -0.4 is 0 Å². The SMILES string of the molecule is CC(SCc1ccccc1)c1ccc(C(=O)O)o1. The standard InChI is InChI=1S/C14H14O3S/c1-10(12-7-8-13(17-12)14(15)16)18-9-11-5-3-2-4-6-11/h2-8,10H,9H2,1H3,(H,15,16). The van der Waals surface area contributed by atoms with Crippen LogP contribution in [0.2, 0.25) is 0 Å². The molecular formula is C14H14O3S. The first-order valence-corrected chi connectivity index (χ1v) is 6.70. The molecule has 2 aromatic rings. The quantitative estimate of drug-likeness (QED) is 0.885. The van der Waals surface area contributed by atoms with Gasteiger partial charge in [-0.15, -0.1) is 11.8 Å². The topological polar surface area (TPSA) is 50.4 Å². The Morgan fingerprint density at radius 1 is 1.28 bits per heavy atom. The first-order chi connectivity index (χ1) is 8.66. The third kappa shape index (κ3) is 3.17. The second-order valence-corrected chi connectivity index (χ2v) is 5.28. The molecule has 0 saturated heterocycles. The van der Waals surface area contributed by atoms with E-state index < -0.39 is 5.97 Å². The Kier molecular flexibility index (Phi) is 4.10. The lowest BCUT2D eigenvalue weighted by Gasteiger charge is -2.08. The molecule has 0 aliphatic heterocycles. The molecule has 1 aromatic carbocycles. The number of furan rings is 1. The average Bonchev–Trinajstić information content (AvgIpc) is 2.87. The van der Waals surface area contributed by atoms with Crippen molar-refractivity contribution in [2.24, 2.45) is 0 Å². The van der Waals surface area contributed by atoms with Gasteiger partial charge in [-0.05, 0) is 24.6 Å². The first kappa shape index (κ1) is 12.8. The number of carbonyl (C=O) groups is 1. The highest BCUT2D eigenvalue weighted by Crippen LogP contribution is 2.31. The van der Waals surface area contributed by atoms with Crippen LogP contribution in [0.1, 0.15) is 34.1 Å². The predicted molar refractivity (Wildman–Crippen MR) is 71.8 cm³/mol. The van der Waals surface area contributed by atoms with E-state index in [1.54, 1.807) is 17.8 Å². The molecule has 0 fully saturated rings. The summed E-state index contributed by atoms with van der Waals surface area (Å²) in [5.41, 5.74) is 1.25. The molecule has 0 bridgehead atoms. The van der Waals surface area contributed by atoms with E-state index in [2.05, 4.69) is 12.1 Å². The van der Waals surface area contributed by atoms with Crippen LogP contribution in [0, 0.1) is 0 Å². The smallest absolute Gasteiger partial charge is 0.371 e. The second kappa shape index (κ2) is 5.78. The van der Waals surface area contributed by atoms with Gasteiger partial charge in [0.05, 0.1) is 5.25 Å². The molecule has 0 aliphatic rings. The Bertz CT molecular complexity index is 519. The summed E-state index contributed by atoms with van der Waals surface area (Å²) in [6.45, 7) is 2.01. The van der Waals surface area contributed by atoms with Crippen LogP contribution in [-0.2, 0) is 5.75 Å². The Morgan fingerprint density at radius 3 is 2.61 bits per heavy atom. The van der Waals surface area contributed by atoms with Gasteiger partial charge in [-0.2, -0.15) is 0 Å². The normalized spacial score (nSPS) is 12.3. The highest BCUT2D eigenvalue weighted by Gasteiger charge is 2.14. The minimum atomic E-state index is -1.03. The maximum Gasteiger partial charge on any atom is 0.371 e. The number of aromatic carboxylic acids is 1. The highest BCUT2D eigenvalue weighted by molar-refractivity contribution is 7.98. The monoisotopic (exact) mass is 262 g/mol. The fourth-order valence-corrected chi connectivity index (χ4v) is 2.49. The van der Waals surface area contributed by atoms with Crippen molar-refractivity contribution in [3.63, 3.8) is 0 Å². The van der Waals surface area contributed by atoms with Crippen molar-refractivity contribution in [1.29, 1.82) is 0 Å². The van der Waals surface area contributed by atoms with E-state index in [4.69, 9.17) is 9.52 Å². The number of thioether (sulfide) groups is 1. The first-order valence-electron chi connectivity index (χ1n) is 5.65. The van der Waals surface area contributed by atoms with E-state index in [-0.39, 0.29) is 11.0 Å². The van der Waals surface area contributed by atoms with Crippen molar-refractivity contribution < 1.29 is 14.3 Å². The zero-order chi connectivity index (χ0) is 13.0. The summed E-state index contributed by atoms with van der Waals surface area (Å²) in [6.07, 6.45) is 0. The van der Waals surface area contributed by atoms with Crippen molar-refractivity contribution in [3.8, 4) is 0 Å². The average molecular weight is 262 g/mol. The zero-order valence-corrected chi connectivity index (χ0v) is 10.8. The molecule has 2 rings (SSSR count). The Balaban J connectivity index is 1.95. The summed E-state index contributed by atoms with van der Waals surface area (Å²) in [6, 6.07) is 13.4. The van der Waals surface area contributed by atoms with Gasteiger partial charge in [0.25, 0.3) is 0 Å². The van der Waals surface area contributed by atoms with Crippen LogP contribution in [-0.4, -0.2) is 11.1 Å². The summed E-state index contributed by atoms with van der Waals surface area (Å²) < 4.78 is 5.27. The molecule has 1 unspecified atom stereocenters. The number of hydrogen-bond donors (Lipinski definition) is 1. The molecule has 1 N–H and O–H groups in total. The highest BCUT2D eigenvalue weighted by atomic mass is 32.2. The van der Waals surface area contributed by atoms with Crippen LogP contribution in [0.4, 0.5) is 0 Å². The van der Waals surface area contributed by atoms with Gasteiger partial charge in [0.2, 0.25) is 5.76 Å². The van der Waals surface area contributed by atoms with Gasteiger partial charge in [0, 0.05) is 5.75 Å². The van der Waals surface area contributed by atoms with E-state index in [0.717, 1.165) is 5.75 Å². The lowest BCUT2D eigenvalue weighted by Crippen LogP contribution is -1.92. The van der Waals surface area contributed by atoms with Crippen LogP contribution in [0.25, 0.3) is 0 Å². The van der Waals surface area contributed by atoms with Gasteiger partial charge >= 0.3 is 5.97 Å². The number of carboxylic acid groups (broad SMARTS) is 1. The molecule has 1 heterocycles. The van der Waals surface area contributed by atoms with Gasteiger partial charge < -0.3 is 9.52 Å². The van der Waals surface area contributed by atoms with E-state index in [0.29, 0.717) is 5.76 Å². The lowest BCUT2D eigenvalue weighted by molar-refractivity contribution is 0.0660. The Hall–Kier alpha value is -1.68. The maximum atomic E-state index is 10.7. The van der Waals surface area contributed by atoms with Crippen molar-refractivity contribution >= 4 is 17.7 Å². The van der Waals surface area contributed by atoms with Crippen molar-refractivity contribution in [1.82, 2.24) is 0 Å². The number of carboxylic acids is 1. The molecule has 4 heteroatoms. The number of benzene rings is 1. The van der Waals surface area contributed by atoms with Crippen molar-refractivity contribution in [2.45, 2.75) is 17.9 Å². The van der Waals surface area contributed by atoms with Gasteiger partial charge in [-0.3, -0.25) is 0 Å². The minimum Gasteiger partial charge on any atom is -0.475 e. The zero-order valence-electron chi connectivity index (χ0n) is 10.00. The van der Waals surface area contributed by atoms with E-state index in [1.807, 2.05) is 25.1 Å². The fourth-order valence-electron chi connectivity index (χ4n) is 1.56. The number of rotatable bonds is 5. The van der Waals surface area contributed by atoms with Gasteiger partial charge in [0.15, 0.2) is 0 Å². The molecular weight excluding hydrogens is 248 g/mol. The van der Waals surface area contributed by atoms with Gasteiger partial charge in [0.1, 0.15) is 5.76 Å². The Labute approximate surface area is 110 Å². The largest absolute Gasteiger partial charge is 0.475 e. The summed E-state index contributed by atoms with van der Waals surface area (Å²) in [4.78, 5) is 10.7. The predicted octanol–water partition coefficient (Wildman–Crippen LogP) is 3.97. The summed E-state index contributed by atoms with van der Waals surface area (Å²) in [5.74, 6) is 0.553. The van der Waals surface area contributed by atoms with E-state index >= 15 is 0 Å². The molecule has 0 spiro atoms. The van der Waals surface area contributed by atoms with Crippen LogP contribution in [0.3, 0.4) is 0 Å². The minimum absolute atomic E-state index is 0.00263. The fraction of sp³-hybridized carbons (Fsp3) is 0.214. The second-order valence-electron chi connectivity index (χ2n) is 3.95. The molecule has 0 saturated carbocycles. The summed E-state index contributed by atoms with van der Waals surface area (Å²) in [7, 11) is 0. The van der Waals surface area contributed by atoms with Crippen LogP contribution >= 0.6 is 11.8 Å². The molecule has 1 atom stereocenters.